The molecule has 2 fully saturated rings. The van der Waals surface area contributed by atoms with Crippen molar-refractivity contribution >= 4 is 11.7 Å². The smallest absolute Gasteiger partial charge is 0.353 e. The number of pyridine rings is 1. The summed E-state index contributed by atoms with van der Waals surface area (Å²) in [7, 11) is 0. The number of alkyl halides is 3. The number of fused-ring (bicyclic) bond motifs is 1. The van der Waals surface area contributed by atoms with E-state index in [0.717, 1.165) is 5.82 Å². The molecular formula is C24H26F3N7O2. The lowest BCUT2D eigenvalue weighted by atomic mass is 9.87. The maximum atomic E-state index is 13.5. The van der Waals surface area contributed by atoms with Gasteiger partial charge < -0.3 is 9.80 Å². The molecule has 2 saturated heterocycles. The highest BCUT2D eigenvalue weighted by Gasteiger charge is 2.48. The van der Waals surface area contributed by atoms with E-state index < -0.39 is 22.7 Å². The van der Waals surface area contributed by atoms with Crippen LogP contribution >= 0.6 is 0 Å². The Labute approximate surface area is 205 Å². The molecule has 2 aromatic heterocycles. The van der Waals surface area contributed by atoms with Gasteiger partial charge in [-0.3, -0.25) is 14.5 Å². The predicted octanol–water partition coefficient (Wildman–Crippen LogP) is 2.10. The normalized spacial score (nSPS) is 24.6. The maximum Gasteiger partial charge on any atom is 0.422 e. The van der Waals surface area contributed by atoms with E-state index >= 15 is 0 Å². The van der Waals surface area contributed by atoms with E-state index in [2.05, 4.69) is 15.0 Å². The molecule has 2 atom stereocenters. The lowest BCUT2D eigenvalue weighted by Crippen LogP contribution is -2.53. The minimum atomic E-state index is -4.74. The number of rotatable bonds is 3. The fourth-order valence-corrected chi connectivity index (χ4v) is 5.70. The monoisotopic (exact) mass is 501 g/mol. The summed E-state index contributed by atoms with van der Waals surface area (Å²) < 4.78 is 40.4. The average Bonchev–Trinajstić information content (AvgIpc) is 3.47. The molecule has 4 heterocycles. The molecule has 5 rings (SSSR count). The number of nitriles is 1. The molecule has 2 aliphatic heterocycles. The van der Waals surface area contributed by atoms with Crippen LogP contribution in [0.4, 0.5) is 19.0 Å². The van der Waals surface area contributed by atoms with Gasteiger partial charge in [0.05, 0.1) is 22.7 Å². The van der Waals surface area contributed by atoms with Crippen LogP contribution in [0.15, 0.2) is 23.1 Å². The Kier molecular flexibility index (Phi) is 5.98. The van der Waals surface area contributed by atoms with Crippen molar-refractivity contribution in [3.63, 3.8) is 0 Å². The SMILES string of the molecule is CC1(C(=O)N2CCN(c3ccc(C#N)cn3)CC2)CCN(C2CCc3c2n[nH]c(=O)c3C(F)(F)F)C1. The average molecular weight is 502 g/mol. The van der Waals surface area contributed by atoms with E-state index in [1.165, 1.54) is 6.20 Å². The molecule has 9 nitrogen and oxygen atoms in total. The van der Waals surface area contributed by atoms with Gasteiger partial charge in [0.2, 0.25) is 5.91 Å². The summed E-state index contributed by atoms with van der Waals surface area (Å²) in [5.74, 6) is 0.809. The van der Waals surface area contributed by atoms with E-state index in [0.29, 0.717) is 57.7 Å². The topological polar surface area (TPSA) is 109 Å². The van der Waals surface area contributed by atoms with Gasteiger partial charge in [-0.05, 0) is 50.4 Å². The van der Waals surface area contributed by atoms with Crippen LogP contribution in [0.3, 0.4) is 0 Å². The lowest BCUT2D eigenvalue weighted by molar-refractivity contribution is -0.141. The first-order chi connectivity index (χ1) is 17.1. The van der Waals surface area contributed by atoms with Crippen molar-refractivity contribution in [2.75, 3.05) is 44.2 Å². The number of anilines is 1. The molecule has 0 saturated carbocycles. The van der Waals surface area contributed by atoms with Crippen LogP contribution in [0.5, 0.6) is 0 Å². The van der Waals surface area contributed by atoms with Gasteiger partial charge in [0.15, 0.2) is 0 Å². The van der Waals surface area contributed by atoms with E-state index in [1.54, 1.807) is 12.1 Å². The van der Waals surface area contributed by atoms with Gasteiger partial charge in [-0.15, -0.1) is 0 Å². The molecule has 0 bridgehead atoms. The van der Waals surface area contributed by atoms with Crippen molar-refractivity contribution in [3.8, 4) is 6.07 Å². The van der Waals surface area contributed by atoms with Crippen molar-refractivity contribution < 1.29 is 18.0 Å². The summed E-state index contributed by atoms with van der Waals surface area (Å²) >= 11 is 0. The summed E-state index contributed by atoms with van der Waals surface area (Å²) in [5, 5.41) is 15.0. The van der Waals surface area contributed by atoms with Crippen LogP contribution in [-0.4, -0.2) is 70.2 Å². The Morgan fingerprint density at radius 1 is 1.22 bits per heavy atom. The third-order valence-electron chi connectivity index (χ3n) is 7.61. The molecule has 1 aliphatic carbocycles. The van der Waals surface area contributed by atoms with Gasteiger partial charge in [0, 0.05) is 38.9 Å². The van der Waals surface area contributed by atoms with E-state index in [1.807, 2.05) is 27.9 Å². The van der Waals surface area contributed by atoms with Gasteiger partial charge >= 0.3 is 6.18 Å². The Morgan fingerprint density at radius 2 is 1.97 bits per heavy atom. The number of amides is 1. The molecule has 2 aromatic rings. The van der Waals surface area contributed by atoms with Crippen molar-refractivity contribution in [1.82, 2.24) is 25.0 Å². The Hall–Kier alpha value is -3.46. The first kappa shape index (κ1) is 24.2. The number of nitrogens with zero attached hydrogens (tertiary/aromatic N) is 6. The van der Waals surface area contributed by atoms with Gasteiger partial charge in [0.1, 0.15) is 17.5 Å². The summed E-state index contributed by atoms with van der Waals surface area (Å²) in [4.78, 5) is 35.6. The third-order valence-corrected chi connectivity index (χ3v) is 7.61. The fourth-order valence-electron chi connectivity index (χ4n) is 5.70. The minimum Gasteiger partial charge on any atom is -0.353 e. The Bertz CT molecular complexity index is 1260. The van der Waals surface area contributed by atoms with E-state index in [-0.39, 0.29) is 29.6 Å². The van der Waals surface area contributed by atoms with Crippen LogP contribution in [-0.2, 0) is 17.4 Å². The summed E-state index contributed by atoms with van der Waals surface area (Å²) in [6.07, 6.45) is -2.03. The summed E-state index contributed by atoms with van der Waals surface area (Å²) in [6.45, 7) is 5.25. The highest BCUT2D eigenvalue weighted by Crippen LogP contribution is 2.44. The number of carbonyl (C=O) groups excluding carboxylic acids is 1. The van der Waals surface area contributed by atoms with Crippen LogP contribution in [0, 0.1) is 16.7 Å². The van der Waals surface area contributed by atoms with E-state index in [9.17, 15) is 22.8 Å². The fraction of sp³-hybridized carbons (Fsp3) is 0.542. The van der Waals surface area contributed by atoms with Gasteiger partial charge in [-0.2, -0.15) is 23.5 Å². The van der Waals surface area contributed by atoms with Gasteiger partial charge in [-0.25, -0.2) is 10.1 Å². The number of aromatic amines is 1. The standard InChI is InChI=1S/C24H26F3N7O2/c1-23(22(36)33-10-8-32(9-11-33)18-5-2-15(12-28)13-29-18)6-7-34(14-23)17-4-3-16-19(24(25,26)27)21(35)31-30-20(16)17/h2,5,13,17H,3-4,6-11,14H2,1H3,(H,31,35). The third kappa shape index (κ3) is 4.21. The Balaban J connectivity index is 1.25. The molecule has 190 valence electrons. The zero-order chi connectivity index (χ0) is 25.7. The van der Waals surface area contributed by atoms with Crippen LogP contribution in [0.2, 0.25) is 0 Å². The predicted molar refractivity (Wildman–Crippen MR) is 123 cm³/mol. The number of aromatic nitrogens is 3. The minimum absolute atomic E-state index is 0.0243. The Morgan fingerprint density at radius 3 is 2.61 bits per heavy atom. The number of piperazine rings is 1. The van der Waals surface area contributed by atoms with Crippen LogP contribution in [0.25, 0.3) is 0 Å². The molecule has 0 aromatic carbocycles. The largest absolute Gasteiger partial charge is 0.422 e. The van der Waals surface area contributed by atoms with Crippen molar-refractivity contribution in [1.29, 1.82) is 5.26 Å². The number of halogens is 3. The second-order valence-electron chi connectivity index (χ2n) is 9.92. The molecule has 12 heteroatoms. The second-order valence-corrected chi connectivity index (χ2v) is 9.92. The van der Waals surface area contributed by atoms with E-state index in [4.69, 9.17) is 5.26 Å². The maximum absolute atomic E-state index is 13.5. The number of H-pyrrole nitrogens is 1. The molecule has 0 radical (unpaired) electrons. The van der Waals surface area contributed by atoms with Crippen molar-refractivity contribution in [2.24, 2.45) is 5.41 Å². The summed E-state index contributed by atoms with van der Waals surface area (Å²) in [6, 6.07) is 5.22. The highest BCUT2D eigenvalue weighted by atomic mass is 19.4. The molecular weight excluding hydrogens is 475 g/mol. The molecule has 0 spiro atoms. The first-order valence-corrected chi connectivity index (χ1v) is 11.9. The van der Waals surface area contributed by atoms with Crippen LogP contribution in [0.1, 0.15) is 48.2 Å². The molecule has 1 N–H and O–H groups in total. The molecule has 2 unspecified atom stereocenters. The van der Waals surface area contributed by atoms with Gasteiger partial charge in [0.25, 0.3) is 5.56 Å². The molecule has 36 heavy (non-hydrogen) atoms. The van der Waals surface area contributed by atoms with Crippen molar-refractivity contribution in [3.05, 3.63) is 51.1 Å². The quantitative estimate of drug-likeness (QED) is 0.686. The van der Waals surface area contributed by atoms with Gasteiger partial charge in [-0.1, -0.05) is 0 Å². The second kappa shape index (κ2) is 8.89. The zero-order valence-electron chi connectivity index (χ0n) is 19.8. The number of hydrogen-bond acceptors (Lipinski definition) is 7. The number of likely N-dealkylation sites (tertiary alicyclic amines) is 1. The zero-order valence-corrected chi connectivity index (χ0v) is 19.8. The number of nitrogens with one attached hydrogen (secondary N) is 1. The van der Waals surface area contributed by atoms with Crippen molar-refractivity contribution in [2.45, 2.75) is 38.4 Å². The molecule has 1 amide bonds. The molecule has 3 aliphatic rings. The number of carbonyl (C=O) groups is 1. The highest BCUT2D eigenvalue weighted by molar-refractivity contribution is 5.83. The lowest BCUT2D eigenvalue weighted by Gasteiger charge is -2.39. The van der Waals surface area contributed by atoms with Crippen LogP contribution < -0.4 is 10.5 Å². The number of hydrogen-bond donors (Lipinski definition) is 1. The summed E-state index contributed by atoms with van der Waals surface area (Å²) in [5.41, 5.74) is -2.27. The first-order valence-electron chi connectivity index (χ1n) is 11.9.